The zero-order chi connectivity index (χ0) is 23.7. The number of carbonyl (C=O) groups is 1. The minimum atomic E-state index is -1.02. The lowest BCUT2D eigenvalue weighted by Crippen LogP contribution is -2.48. The summed E-state index contributed by atoms with van der Waals surface area (Å²) in [6, 6.07) is 7.52. The molecule has 0 aromatic heterocycles. The number of likely N-dealkylation sites (tertiary alicyclic amines) is 1. The highest BCUT2D eigenvalue weighted by Gasteiger charge is 2.41. The minimum Gasteiger partial charge on any atom is -0.385 e. The SMILES string of the molecule is COCCCC[C@@](O)(c1cccc(Cl)c1)[C@@H]1CCCN(C(=O)CC[C@@H](N)CC2CCCO2)C1. The normalized spacial score (nSPS) is 23.9. The third-order valence-electron chi connectivity index (χ3n) is 7.25. The van der Waals surface area contributed by atoms with Gasteiger partial charge in [0.05, 0.1) is 11.7 Å². The molecule has 6 nitrogen and oxygen atoms in total. The van der Waals surface area contributed by atoms with Crippen LogP contribution in [-0.4, -0.2) is 61.5 Å². The molecule has 7 heteroatoms. The van der Waals surface area contributed by atoms with Crippen LogP contribution in [0, 0.1) is 5.92 Å². The van der Waals surface area contributed by atoms with Gasteiger partial charge >= 0.3 is 0 Å². The molecule has 0 saturated carbocycles. The van der Waals surface area contributed by atoms with E-state index in [1.807, 2.05) is 29.2 Å². The van der Waals surface area contributed by atoms with Crippen LogP contribution in [0.1, 0.15) is 69.8 Å². The van der Waals surface area contributed by atoms with E-state index in [0.717, 1.165) is 63.7 Å². The number of halogens is 1. The van der Waals surface area contributed by atoms with E-state index in [1.165, 1.54) is 0 Å². The Labute approximate surface area is 203 Å². The molecule has 2 saturated heterocycles. The topological polar surface area (TPSA) is 85.0 Å². The molecule has 2 fully saturated rings. The molecule has 1 amide bonds. The molecule has 2 aliphatic heterocycles. The highest BCUT2D eigenvalue weighted by atomic mass is 35.5. The second-order valence-electron chi connectivity index (χ2n) is 9.73. The van der Waals surface area contributed by atoms with Crippen LogP contribution >= 0.6 is 11.6 Å². The predicted octanol–water partition coefficient (Wildman–Crippen LogP) is 4.26. The maximum atomic E-state index is 13.0. The summed E-state index contributed by atoms with van der Waals surface area (Å²) >= 11 is 6.27. The number of hydrogen-bond acceptors (Lipinski definition) is 5. The summed E-state index contributed by atoms with van der Waals surface area (Å²) < 4.78 is 10.9. The first-order valence-corrected chi connectivity index (χ1v) is 12.9. The number of unbranched alkanes of at least 4 members (excludes halogenated alkanes) is 1. The summed E-state index contributed by atoms with van der Waals surface area (Å²) in [5.41, 5.74) is 6.10. The Bertz CT molecular complexity index is 743. The molecule has 1 aromatic rings. The van der Waals surface area contributed by atoms with Gasteiger partial charge in [0.25, 0.3) is 0 Å². The molecule has 186 valence electrons. The zero-order valence-electron chi connectivity index (χ0n) is 20.0. The van der Waals surface area contributed by atoms with E-state index in [0.29, 0.717) is 37.4 Å². The van der Waals surface area contributed by atoms with Gasteiger partial charge in [0, 0.05) is 56.8 Å². The Morgan fingerprint density at radius 1 is 1.36 bits per heavy atom. The van der Waals surface area contributed by atoms with Gasteiger partial charge in [0.15, 0.2) is 0 Å². The number of aliphatic hydroxyl groups is 1. The van der Waals surface area contributed by atoms with Crippen LogP contribution in [-0.2, 0) is 19.9 Å². The van der Waals surface area contributed by atoms with Crippen LogP contribution in [0.15, 0.2) is 24.3 Å². The van der Waals surface area contributed by atoms with Gasteiger partial charge in [-0.25, -0.2) is 0 Å². The first-order chi connectivity index (χ1) is 15.9. The number of nitrogens with zero attached hydrogens (tertiary/aromatic N) is 1. The first kappa shape index (κ1) is 26.4. The van der Waals surface area contributed by atoms with Gasteiger partial charge in [-0.15, -0.1) is 0 Å². The van der Waals surface area contributed by atoms with E-state index < -0.39 is 5.60 Å². The molecule has 4 atom stereocenters. The van der Waals surface area contributed by atoms with Gasteiger partial charge < -0.3 is 25.2 Å². The van der Waals surface area contributed by atoms with E-state index in [9.17, 15) is 9.90 Å². The number of nitrogens with two attached hydrogens (primary N) is 1. The maximum absolute atomic E-state index is 13.0. The largest absolute Gasteiger partial charge is 0.385 e. The van der Waals surface area contributed by atoms with Crippen molar-refractivity contribution in [1.82, 2.24) is 4.90 Å². The lowest BCUT2D eigenvalue weighted by molar-refractivity contribution is -0.137. The Balaban J connectivity index is 1.61. The Kier molecular flexibility index (Phi) is 10.5. The molecule has 0 radical (unpaired) electrons. The number of ether oxygens (including phenoxy) is 2. The summed E-state index contributed by atoms with van der Waals surface area (Å²) in [5, 5.41) is 12.6. The highest BCUT2D eigenvalue weighted by Crippen LogP contribution is 2.40. The molecule has 0 spiro atoms. The van der Waals surface area contributed by atoms with Gasteiger partial charge in [-0.3, -0.25) is 4.79 Å². The van der Waals surface area contributed by atoms with Crippen LogP contribution < -0.4 is 5.73 Å². The van der Waals surface area contributed by atoms with Crippen molar-refractivity contribution in [2.24, 2.45) is 11.7 Å². The summed E-state index contributed by atoms with van der Waals surface area (Å²) in [4.78, 5) is 15.0. The third kappa shape index (κ3) is 7.66. The van der Waals surface area contributed by atoms with Gasteiger partial charge in [-0.2, -0.15) is 0 Å². The molecule has 2 heterocycles. The van der Waals surface area contributed by atoms with E-state index >= 15 is 0 Å². The lowest BCUT2D eigenvalue weighted by Gasteiger charge is -2.43. The number of amides is 1. The fourth-order valence-corrected chi connectivity index (χ4v) is 5.52. The average molecular weight is 481 g/mol. The van der Waals surface area contributed by atoms with Crippen LogP contribution in [0.2, 0.25) is 5.02 Å². The summed E-state index contributed by atoms with van der Waals surface area (Å²) in [7, 11) is 1.69. The van der Waals surface area contributed by atoms with Crippen LogP contribution in [0.5, 0.6) is 0 Å². The molecule has 3 N–H and O–H groups in total. The lowest BCUT2D eigenvalue weighted by atomic mass is 9.74. The summed E-state index contributed by atoms with van der Waals surface area (Å²) in [5.74, 6) is 0.104. The number of methoxy groups -OCH3 is 1. The Morgan fingerprint density at radius 3 is 2.94 bits per heavy atom. The zero-order valence-corrected chi connectivity index (χ0v) is 20.8. The predicted molar refractivity (Wildman–Crippen MR) is 131 cm³/mol. The summed E-state index contributed by atoms with van der Waals surface area (Å²) in [6.45, 7) is 2.80. The van der Waals surface area contributed by atoms with Crippen molar-refractivity contribution < 1.29 is 19.4 Å². The first-order valence-electron chi connectivity index (χ1n) is 12.5. The fraction of sp³-hybridized carbons (Fsp3) is 0.731. The van der Waals surface area contributed by atoms with Crippen molar-refractivity contribution in [1.29, 1.82) is 0 Å². The maximum Gasteiger partial charge on any atom is 0.222 e. The van der Waals surface area contributed by atoms with E-state index in [4.69, 9.17) is 26.8 Å². The number of rotatable bonds is 12. The fourth-order valence-electron chi connectivity index (χ4n) is 5.33. The average Bonchev–Trinajstić information content (AvgIpc) is 3.33. The van der Waals surface area contributed by atoms with E-state index in [2.05, 4.69) is 0 Å². The number of hydrogen-bond donors (Lipinski definition) is 2. The second kappa shape index (κ2) is 13.1. The standard InChI is InChI=1S/C26H41ClN2O4/c1-32-15-3-2-13-26(31,20-7-4-9-22(27)17-20)21-8-5-14-29(19-21)25(30)12-11-23(28)18-24-10-6-16-33-24/h4,7,9,17,21,23-24,31H,2-3,5-6,8,10-16,18-19,28H2,1H3/t21-,23-,24?,26-/m1/s1. The molecule has 3 rings (SSSR count). The number of piperidine rings is 1. The van der Waals surface area contributed by atoms with Crippen LogP contribution in [0.4, 0.5) is 0 Å². The molecule has 33 heavy (non-hydrogen) atoms. The van der Waals surface area contributed by atoms with Gasteiger partial charge in [-0.1, -0.05) is 23.7 Å². The highest BCUT2D eigenvalue weighted by molar-refractivity contribution is 6.30. The Hall–Kier alpha value is -1.18. The molecular formula is C26H41ClN2O4. The Morgan fingerprint density at radius 2 is 2.21 bits per heavy atom. The van der Waals surface area contributed by atoms with E-state index in [-0.39, 0.29) is 24.0 Å². The van der Waals surface area contributed by atoms with Gasteiger partial charge in [0.1, 0.15) is 0 Å². The monoisotopic (exact) mass is 480 g/mol. The smallest absolute Gasteiger partial charge is 0.222 e. The van der Waals surface area contributed by atoms with Crippen molar-refractivity contribution in [3.8, 4) is 0 Å². The molecule has 0 bridgehead atoms. The van der Waals surface area contributed by atoms with Gasteiger partial charge in [-0.05, 0) is 75.5 Å². The molecule has 1 unspecified atom stereocenters. The van der Waals surface area contributed by atoms with Crippen molar-refractivity contribution >= 4 is 17.5 Å². The van der Waals surface area contributed by atoms with Crippen LogP contribution in [0.3, 0.4) is 0 Å². The van der Waals surface area contributed by atoms with Gasteiger partial charge in [0.2, 0.25) is 5.91 Å². The minimum absolute atomic E-state index is 0.0122. The number of benzene rings is 1. The second-order valence-corrected chi connectivity index (χ2v) is 10.2. The van der Waals surface area contributed by atoms with Crippen LogP contribution in [0.25, 0.3) is 0 Å². The molecular weight excluding hydrogens is 440 g/mol. The van der Waals surface area contributed by atoms with Crippen molar-refractivity contribution in [2.75, 3.05) is 33.4 Å². The number of carbonyl (C=O) groups excluding carboxylic acids is 1. The summed E-state index contributed by atoms with van der Waals surface area (Å²) in [6.07, 6.45) is 8.50. The van der Waals surface area contributed by atoms with Crippen molar-refractivity contribution in [3.05, 3.63) is 34.9 Å². The molecule has 0 aliphatic carbocycles. The van der Waals surface area contributed by atoms with Crippen molar-refractivity contribution in [3.63, 3.8) is 0 Å². The molecule has 2 aliphatic rings. The van der Waals surface area contributed by atoms with E-state index in [1.54, 1.807) is 7.11 Å². The third-order valence-corrected chi connectivity index (χ3v) is 7.48. The van der Waals surface area contributed by atoms with Crippen molar-refractivity contribution in [2.45, 2.75) is 82.0 Å². The molecule has 1 aromatic carbocycles. The quantitative estimate of drug-likeness (QED) is 0.436.